The van der Waals surface area contributed by atoms with Crippen molar-refractivity contribution in [3.05, 3.63) is 23.2 Å². The molecule has 3 heteroatoms. The van der Waals surface area contributed by atoms with Crippen LogP contribution in [-0.4, -0.2) is 11.7 Å². The standard InChI is InChI=1S/C9H15NO2/c1-6-5-8(7(2)12-6)9(11)3-4-10/h5,9,11H,3-4,10H2,1-2H3/t9-/m1/s1. The molecule has 3 nitrogen and oxygen atoms in total. The Labute approximate surface area is 72.2 Å². The van der Waals surface area contributed by atoms with Crippen molar-refractivity contribution in [2.45, 2.75) is 26.4 Å². The molecule has 0 aliphatic heterocycles. The molecule has 12 heavy (non-hydrogen) atoms. The molecular weight excluding hydrogens is 154 g/mol. The molecule has 1 aromatic heterocycles. The Hall–Kier alpha value is -0.800. The van der Waals surface area contributed by atoms with Crippen LogP contribution < -0.4 is 5.73 Å². The minimum absolute atomic E-state index is 0.479. The Kier molecular flexibility index (Phi) is 2.89. The van der Waals surface area contributed by atoms with Crippen LogP contribution in [0.1, 0.15) is 29.6 Å². The van der Waals surface area contributed by atoms with Crippen LogP contribution in [0.15, 0.2) is 10.5 Å². The zero-order valence-electron chi connectivity index (χ0n) is 7.50. The Morgan fingerprint density at radius 2 is 2.25 bits per heavy atom. The van der Waals surface area contributed by atoms with Crippen LogP contribution in [0.3, 0.4) is 0 Å². The van der Waals surface area contributed by atoms with Gasteiger partial charge in [0.25, 0.3) is 0 Å². The zero-order chi connectivity index (χ0) is 9.14. The minimum atomic E-state index is -0.479. The summed E-state index contributed by atoms with van der Waals surface area (Å²) in [5.41, 5.74) is 6.19. The summed E-state index contributed by atoms with van der Waals surface area (Å²) in [6.07, 6.45) is 0.104. The molecule has 0 fully saturated rings. The van der Waals surface area contributed by atoms with Crippen molar-refractivity contribution in [1.29, 1.82) is 0 Å². The highest BCUT2D eigenvalue weighted by atomic mass is 16.3. The molecule has 0 aromatic carbocycles. The van der Waals surface area contributed by atoms with Crippen molar-refractivity contribution in [2.24, 2.45) is 5.73 Å². The summed E-state index contributed by atoms with van der Waals surface area (Å²) in [5.74, 6) is 1.62. The van der Waals surface area contributed by atoms with E-state index in [0.29, 0.717) is 13.0 Å². The van der Waals surface area contributed by atoms with Crippen molar-refractivity contribution in [1.82, 2.24) is 0 Å². The van der Waals surface area contributed by atoms with Gasteiger partial charge in [0.2, 0.25) is 0 Å². The monoisotopic (exact) mass is 169 g/mol. The number of aliphatic hydroxyl groups excluding tert-OH is 1. The molecule has 1 heterocycles. The number of furan rings is 1. The van der Waals surface area contributed by atoms with E-state index in [4.69, 9.17) is 10.2 Å². The summed E-state index contributed by atoms with van der Waals surface area (Å²) < 4.78 is 5.28. The fraction of sp³-hybridized carbons (Fsp3) is 0.556. The number of aliphatic hydroxyl groups is 1. The van der Waals surface area contributed by atoms with Crippen LogP contribution >= 0.6 is 0 Å². The predicted molar refractivity (Wildman–Crippen MR) is 46.8 cm³/mol. The van der Waals surface area contributed by atoms with Gasteiger partial charge < -0.3 is 15.3 Å². The first-order valence-corrected chi connectivity index (χ1v) is 4.10. The first-order chi connectivity index (χ1) is 5.65. The van der Waals surface area contributed by atoms with Gasteiger partial charge in [-0.05, 0) is 32.9 Å². The zero-order valence-corrected chi connectivity index (χ0v) is 7.50. The Bertz CT molecular complexity index is 255. The van der Waals surface area contributed by atoms with Gasteiger partial charge >= 0.3 is 0 Å². The second kappa shape index (κ2) is 3.74. The summed E-state index contributed by atoms with van der Waals surface area (Å²) in [7, 11) is 0. The Balaban J connectivity index is 2.79. The van der Waals surface area contributed by atoms with E-state index in [-0.39, 0.29) is 0 Å². The third-order valence-electron chi connectivity index (χ3n) is 1.88. The van der Waals surface area contributed by atoms with Crippen LogP contribution in [0.25, 0.3) is 0 Å². The third kappa shape index (κ3) is 1.87. The lowest BCUT2D eigenvalue weighted by Crippen LogP contribution is -2.06. The second-order valence-electron chi connectivity index (χ2n) is 2.96. The normalized spacial score (nSPS) is 13.3. The fourth-order valence-electron chi connectivity index (χ4n) is 1.29. The van der Waals surface area contributed by atoms with Crippen LogP contribution in [0, 0.1) is 13.8 Å². The van der Waals surface area contributed by atoms with Gasteiger partial charge in [0, 0.05) is 5.56 Å². The molecule has 0 saturated carbocycles. The molecule has 68 valence electrons. The average Bonchev–Trinajstić information content (AvgIpc) is 2.30. The number of aryl methyl sites for hydroxylation is 2. The van der Waals surface area contributed by atoms with Crippen molar-refractivity contribution in [3.8, 4) is 0 Å². The number of hydrogen-bond acceptors (Lipinski definition) is 3. The first kappa shape index (κ1) is 9.29. The predicted octanol–water partition coefficient (Wildman–Crippen LogP) is 1.28. The highest BCUT2D eigenvalue weighted by molar-refractivity contribution is 5.22. The maximum Gasteiger partial charge on any atom is 0.106 e. The summed E-state index contributed by atoms with van der Waals surface area (Å²) in [6, 6.07) is 1.86. The van der Waals surface area contributed by atoms with Gasteiger partial charge in [-0.2, -0.15) is 0 Å². The molecule has 1 rings (SSSR count). The van der Waals surface area contributed by atoms with Gasteiger partial charge in [0.15, 0.2) is 0 Å². The third-order valence-corrected chi connectivity index (χ3v) is 1.88. The first-order valence-electron chi connectivity index (χ1n) is 4.10. The molecule has 3 N–H and O–H groups in total. The summed E-state index contributed by atoms with van der Waals surface area (Å²) in [4.78, 5) is 0. The van der Waals surface area contributed by atoms with E-state index in [1.54, 1.807) is 0 Å². The molecule has 0 bridgehead atoms. The van der Waals surface area contributed by atoms with E-state index in [1.165, 1.54) is 0 Å². The quantitative estimate of drug-likeness (QED) is 0.716. The minimum Gasteiger partial charge on any atom is -0.466 e. The van der Waals surface area contributed by atoms with Crippen LogP contribution in [-0.2, 0) is 0 Å². The highest BCUT2D eigenvalue weighted by Crippen LogP contribution is 2.23. The molecular formula is C9H15NO2. The molecule has 0 spiro atoms. The van der Waals surface area contributed by atoms with Crippen molar-refractivity contribution in [2.75, 3.05) is 6.54 Å². The topological polar surface area (TPSA) is 59.4 Å². The van der Waals surface area contributed by atoms with Crippen LogP contribution in [0.2, 0.25) is 0 Å². The number of nitrogens with two attached hydrogens (primary N) is 1. The van der Waals surface area contributed by atoms with Crippen molar-refractivity contribution in [3.63, 3.8) is 0 Å². The van der Waals surface area contributed by atoms with Gasteiger partial charge in [0.1, 0.15) is 11.5 Å². The molecule has 0 unspecified atom stereocenters. The van der Waals surface area contributed by atoms with E-state index >= 15 is 0 Å². The summed E-state index contributed by atoms with van der Waals surface area (Å²) in [6.45, 7) is 4.21. The summed E-state index contributed by atoms with van der Waals surface area (Å²) in [5, 5.41) is 9.57. The average molecular weight is 169 g/mol. The Morgan fingerprint density at radius 3 is 2.67 bits per heavy atom. The lowest BCUT2D eigenvalue weighted by atomic mass is 10.1. The molecule has 0 radical (unpaired) electrons. The van der Waals surface area contributed by atoms with Crippen molar-refractivity contribution < 1.29 is 9.52 Å². The van der Waals surface area contributed by atoms with Gasteiger partial charge in [-0.1, -0.05) is 0 Å². The highest BCUT2D eigenvalue weighted by Gasteiger charge is 2.12. The molecule has 1 aromatic rings. The second-order valence-corrected chi connectivity index (χ2v) is 2.96. The van der Waals surface area contributed by atoms with E-state index < -0.39 is 6.10 Å². The van der Waals surface area contributed by atoms with E-state index in [1.807, 2.05) is 19.9 Å². The Morgan fingerprint density at radius 1 is 1.58 bits per heavy atom. The maximum atomic E-state index is 9.57. The summed E-state index contributed by atoms with van der Waals surface area (Å²) >= 11 is 0. The lowest BCUT2D eigenvalue weighted by Gasteiger charge is -2.06. The van der Waals surface area contributed by atoms with Crippen LogP contribution in [0.5, 0.6) is 0 Å². The van der Waals surface area contributed by atoms with E-state index in [0.717, 1.165) is 17.1 Å². The van der Waals surface area contributed by atoms with E-state index in [2.05, 4.69) is 0 Å². The maximum absolute atomic E-state index is 9.57. The lowest BCUT2D eigenvalue weighted by molar-refractivity contribution is 0.168. The molecule has 1 atom stereocenters. The molecule has 0 amide bonds. The van der Waals surface area contributed by atoms with Crippen LogP contribution in [0.4, 0.5) is 0 Å². The molecule has 0 aliphatic rings. The SMILES string of the molecule is Cc1cc([C@H](O)CCN)c(C)o1. The van der Waals surface area contributed by atoms with Gasteiger partial charge in [-0.3, -0.25) is 0 Å². The smallest absolute Gasteiger partial charge is 0.106 e. The van der Waals surface area contributed by atoms with Gasteiger partial charge in [-0.25, -0.2) is 0 Å². The van der Waals surface area contributed by atoms with E-state index in [9.17, 15) is 5.11 Å². The number of rotatable bonds is 3. The van der Waals surface area contributed by atoms with Gasteiger partial charge in [0.05, 0.1) is 6.10 Å². The fourth-order valence-corrected chi connectivity index (χ4v) is 1.29. The molecule has 0 saturated heterocycles. The van der Waals surface area contributed by atoms with Gasteiger partial charge in [-0.15, -0.1) is 0 Å². The largest absolute Gasteiger partial charge is 0.466 e. The molecule has 0 aliphatic carbocycles. The number of hydrogen-bond donors (Lipinski definition) is 2. The van der Waals surface area contributed by atoms with Crippen molar-refractivity contribution >= 4 is 0 Å².